The van der Waals surface area contributed by atoms with E-state index < -0.39 is 0 Å². The zero-order valence-electron chi connectivity index (χ0n) is 6.66. The van der Waals surface area contributed by atoms with Gasteiger partial charge in [-0.25, -0.2) is 0 Å². The van der Waals surface area contributed by atoms with Crippen LogP contribution in [0.3, 0.4) is 0 Å². The summed E-state index contributed by atoms with van der Waals surface area (Å²) in [5.74, 6) is 0. The van der Waals surface area contributed by atoms with Gasteiger partial charge in [0.2, 0.25) is 0 Å². The molecule has 0 saturated heterocycles. The van der Waals surface area contributed by atoms with Crippen molar-refractivity contribution in [2.45, 2.75) is 19.3 Å². The highest BCUT2D eigenvalue weighted by Crippen LogP contribution is 1.96. The Hall–Kier alpha value is -1.04. The fraction of sp³-hybridized carbons (Fsp3) is 0.273. The topological polar surface area (TPSA) is 0 Å². The summed E-state index contributed by atoms with van der Waals surface area (Å²) in [7, 11) is 0. The van der Waals surface area contributed by atoms with E-state index >= 15 is 0 Å². The van der Waals surface area contributed by atoms with Crippen molar-refractivity contribution in [2.75, 3.05) is 0 Å². The number of hydrogen-bond acceptors (Lipinski definition) is 0. The first-order valence-corrected chi connectivity index (χ1v) is 4.03. The van der Waals surface area contributed by atoms with E-state index in [4.69, 9.17) is 0 Å². The Bertz CT molecular complexity index is 192. The molecular weight excluding hydrogens is 132 g/mol. The van der Waals surface area contributed by atoms with Crippen LogP contribution in [-0.2, 0) is 0 Å². The van der Waals surface area contributed by atoms with Gasteiger partial charge in [-0.15, -0.1) is 0 Å². The Morgan fingerprint density at radius 1 is 0.909 bits per heavy atom. The van der Waals surface area contributed by atoms with Crippen LogP contribution in [-0.4, -0.2) is 0 Å². The lowest BCUT2D eigenvalue weighted by atomic mass is 10.2. The van der Waals surface area contributed by atoms with Gasteiger partial charge < -0.3 is 0 Å². The Labute approximate surface area is 68.6 Å². The first-order valence-electron chi connectivity index (χ1n) is 4.03. The molecule has 0 N–H and O–H groups in total. The summed E-state index contributed by atoms with van der Waals surface area (Å²) in [6.45, 7) is 0. The molecule has 0 fully saturated rings. The summed E-state index contributed by atoms with van der Waals surface area (Å²) in [6.07, 6.45) is 21.0. The van der Waals surface area contributed by atoms with Gasteiger partial charge in [-0.3, -0.25) is 0 Å². The summed E-state index contributed by atoms with van der Waals surface area (Å²) in [6, 6.07) is 0. The van der Waals surface area contributed by atoms with Crippen LogP contribution in [0.1, 0.15) is 19.3 Å². The van der Waals surface area contributed by atoms with E-state index in [1.54, 1.807) is 0 Å². The molecule has 0 unspecified atom stereocenters. The average molecular weight is 145 g/mol. The summed E-state index contributed by atoms with van der Waals surface area (Å²) < 4.78 is 0. The van der Waals surface area contributed by atoms with Gasteiger partial charge in [0.05, 0.1) is 0 Å². The van der Waals surface area contributed by atoms with Gasteiger partial charge in [0.25, 0.3) is 0 Å². The van der Waals surface area contributed by atoms with Gasteiger partial charge in [-0.1, -0.05) is 42.5 Å². The highest BCUT2D eigenvalue weighted by atomic mass is 13.8. The highest BCUT2D eigenvalue weighted by Gasteiger charge is 1.77. The minimum Gasteiger partial charge on any atom is -0.0879 e. The molecule has 1 aliphatic rings. The van der Waals surface area contributed by atoms with Gasteiger partial charge >= 0.3 is 0 Å². The van der Waals surface area contributed by atoms with Crippen molar-refractivity contribution in [1.29, 1.82) is 0 Å². The Morgan fingerprint density at radius 3 is 2.91 bits per heavy atom. The molecule has 11 heavy (non-hydrogen) atoms. The molecular formula is C11H13. The Kier molecular flexibility index (Phi) is 4.19. The molecule has 57 valence electrons. The van der Waals surface area contributed by atoms with Crippen LogP contribution in [0.2, 0.25) is 0 Å². The zero-order chi connectivity index (χ0) is 7.78. The van der Waals surface area contributed by atoms with E-state index in [9.17, 15) is 0 Å². The van der Waals surface area contributed by atoms with Crippen LogP contribution >= 0.6 is 0 Å². The Morgan fingerprint density at radius 2 is 1.91 bits per heavy atom. The number of rotatable bonds is 0. The van der Waals surface area contributed by atoms with E-state index in [0.29, 0.717) is 0 Å². The fourth-order valence-electron chi connectivity index (χ4n) is 0.888. The second-order valence-electron chi connectivity index (χ2n) is 2.43. The van der Waals surface area contributed by atoms with Crippen LogP contribution in [0.4, 0.5) is 0 Å². The maximum absolute atomic E-state index is 3.19. The van der Waals surface area contributed by atoms with E-state index in [1.807, 2.05) is 18.2 Å². The maximum atomic E-state index is 3.19. The maximum Gasteiger partial charge on any atom is -0.0166 e. The molecule has 0 aliphatic heterocycles. The quantitative estimate of drug-likeness (QED) is 0.459. The van der Waals surface area contributed by atoms with E-state index in [-0.39, 0.29) is 0 Å². The predicted octanol–water partition coefficient (Wildman–Crippen LogP) is 3.20. The van der Waals surface area contributed by atoms with E-state index in [2.05, 4.69) is 30.4 Å². The minimum atomic E-state index is 1.03. The van der Waals surface area contributed by atoms with Crippen molar-refractivity contribution in [3.8, 4) is 0 Å². The molecule has 1 radical (unpaired) electrons. The molecule has 0 aromatic rings. The molecule has 0 spiro atoms. The summed E-state index contributed by atoms with van der Waals surface area (Å²) in [5, 5.41) is 0. The molecule has 0 nitrogen and oxygen atoms in total. The summed E-state index contributed by atoms with van der Waals surface area (Å²) >= 11 is 0. The molecule has 0 saturated carbocycles. The van der Waals surface area contributed by atoms with Gasteiger partial charge in [0, 0.05) is 0 Å². The van der Waals surface area contributed by atoms with Gasteiger partial charge in [-0.05, 0) is 25.3 Å². The molecule has 0 bridgehead atoms. The number of allylic oxidation sites excluding steroid dienone is 8. The number of hydrogen-bond donors (Lipinski definition) is 0. The second kappa shape index (κ2) is 5.72. The van der Waals surface area contributed by atoms with Crippen molar-refractivity contribution in [3.63, 3.8) is 0 Å². The lowest BCUT2D eigenvalue weighted by Crippen LogP contribution is -1.64. The van der Waals surface area contributed by atoms with Crippen molar-refractivity contribution in [2.24, 2.45) is 0 Å². The third-order valence-electron chi connectivity index (χ3n) is 1.47. The molecule has 1 aliphatic carbocycles. The zero-order valence-corrected chi connectivity index (χ0v) is 6.66. The van der Waals surface area contributed by atoms with Crippen LogP contribution in [0.15, 0.2) is 42.5 Å². The molecule has 1 rings (SSSR count). The molecule has 0 heteroatoms. The van der Waals surface area contributed by atoms with Gasteiger partial charge in [0.1, 0.15) is 0 Å². The highest BCUT2D eigenvalue weighted by molar-refractivity contribution is 5.11. The molecule has 0 aromatic heterocycles. The van der Waals surface area contributed by atoms with E-state index in [1.165, 1.54) is 0 Å². The van der Waals surface area contributed by atoms with Crippen molar-refractivity contribution >= 4 is 0 Å². The first-order chi connectivity index (χ1) is 5.50. The SMILES string of the molecule is [C]1=CC=CC=CCC=CCC1. The van der Waals surface area contributed by atoms with Crippen molar-refractivity contribution in [1.82, 2.24) is 0 Å². The van der Waals surface area contributed by atoms with Crippen LogP contribution in [0.25, 0.3) is 0 Å². The normalized spacial score (nSPS) is 18.2. The lowest BCUT2D eigenvalue weighted by molar-refractivity contribution is 1.02. The van der Waals surface area contributed by atoms with Crippen LogP contribution in [0, 0.1) is 6.08 Å². The predicted molar refractivity (Wildman–Crippen MR) is 49.1 cm³/mol. The second-order valence-corrected chi connectivity index (χ2v) is 2.43. The largest absolute Gasteiger partial charge is 0.0879 e. The minimum absolute atomic E-state index is 1.03. The van der Waals surface area contributed by atoms with Gasteiger partial charge in [-0.2, -0.15) is 0 Å². The standard InChI is InChI=1S/C11H13/c1-2-4-6-8-10-11-9-7-5-3-1/h1-5,8,10H,6,9,11H2. The molecule has 0 heterocycles. The molecule has 0 atom stereocenters. The first kappa shape index (κ1) is 8.06. The summed E-state index contributed by atoms with van der Waals surface area (Å²) in [4.78, 5) is 0. The molecule has 0 aromatic carbocycles. The van der Waals surface area contributed by atoms with Crippen molar-refractivity contribution < 1.29 is 0 Å². The Balaban J connectivity index is 2.47. The lowest BCUT2D eigenvalue weighted by Gasteiger charge is -1.83. The van der Waals surface area contributed by atoms with Gasteiger partial charge in [0.15, 0.2) is 0 Å². The van der Waals surface area contributed by atoms with Crippen LogP contribution < -0.4 is 0 Å². The third kappa shape index (κ3) is 4.38. The van der Waals surface area contributed by atoms with E-state index in [0.717, 1.165) is 19.3 Å². The fourth-order valence-corrected chi connectivity index (χ4v) is 0.888. The monoisotopic (exact) mass is 145 g/mol. The molecule has 0 amide bonds. The van der Waals surface area contributed by atoms with Crippen LogP contribution in [0.5, 0.6) is 0 Å². The van der Waals surface area contributed by atoms with Crippen molar-refractivity contribution in [3.05, 3.63) is 48.6 Å². The summed E-state index contributed by atoms with van der Waals surface area (Å²) in [5.41, 5.74) is 0. The average Bonchev–Trinajstić information content (AvgIpc) is 2.08. The smallest absolute Gasteiger partial charge is 0.0166 e. The third-order valence-corrected chi connectivity index (χ3v) is 1.47.